The number of carbonyl (C=O) groups excluding carboxylic acids is 1. The van der Waals surface area contributed by atoms with Gasteiger partial charge in [0, 0.05) is 5.02 Å². The Morgan fingerprint density at radius 2 is 1.79 bits per heavy atom. The number of benzene rings is 2. The molecular weight excluding hydrogens is 460 g/mol. The first-order valence-electron chi connectivity index (χ1n) is 7.57. The second kappa shape index (κ2) is 9.17. The Bertz CT molecular complexity index is 910. The van der Waals surface area contributed by atoms with Gasteiger partial charge in [-0.2, -0.15) is 13.2 Å². The van der Waals surface area contributed by atoms with E-state index in [0.717, 1.165) is 18.2 Å². The molecule has 0 saturated carbocycles. The zero-order valence-electron chi connectivity index (χ0n) is 14.0. The molecule has 0 aliphatic heterocycles. The molecule has 0 aliphatic rings. The van der Waals surface area contributed by atoms with E-state index in [2.05, 4.69) is 10.6 Å². The topological polar surface area (TPSA) is 50.4 Å². The molecule has 1 amide bonds. The number of thiocarbonyl (C=S) groups is 1. The number of anilines is 1. The SMILES string of the molecule is CC(Oc1ccc(Cl)cc1Cl)C(=O)NC(=S)Nc1cc(C(F)(F)F)ccc1Cl. The van der Waals surface area contributed by atoms with E-state index in [1.807, 2.05) is 0 Å². The van der Waals surface area contributed by atoms with E-state index >= 15 is 0 Å². The van der Waals surface area contributed by atoms with Crippen molar-refractivity contribution in [2.24, 2.45) is 0 Å². The number of ether oxygens (including phenoxy) is 1. The largest absolute Gasteiger partial charge is 0.479 e. The third-order valence-electron chi connectivity index (χ3n) is 3.35. The molecule has 11 heteroatoms. The lowest BCUT2D eigenvalue weighted by Gasteiger charge is -2.17. The summed E-state index contributed by atoms with van der Waals surface area (Å²) in [6.07, 6.45) is -5.55. The summed E-state index contributed by atoms with van der Waals surface area (Å²) in [4.78, 5) is 12.2. The predicted octanol–water partition coefficient (Wildman–Crippen LogP) is 5.95. The molecule has 0 radical (unpaired) electrons. The first kappa shape index (κ1) is 22.5. The van der Waals surface area contributed by atoms with Crippen molar-refractivity contribution in [3.63, 3.8) is 0 Å². The average molecular weight is 472 g/mol. The van der Waals surface area contributed by atoms with Gasteiger partial charge in [-0.05, 0) is 55.5 Å². The maximum atomic E-state index is 12.8. The Morgan fingerprint density at radius 3 is 2.39 bits per heavy atom. The zero-order valence-corrected chi connectivity index (χ0v) is 17.1. The van der Waals surface area contributed by atoms with Gasteiger partial charge in [-0.25, -0.2) is 0 Å². The summed E-state index contributed by atoms with van der Waals surface area (Å²) < 4.78 is 43.9. The first-order valence-corrected chi connectivity index (χ1v) is 9.12. The van der Waals surface area contributed by atoms with Gasteiger partial charge in [0.15, 0.2) is 11.2 Å². The van der Waals surface area contributed by atoms with Crippen molar-refractivity contribution >= 4 is 63.7 Å². The van der Waals surface area contributed by atoms with Crippen molar-refractivity contribution in [2.75, 3.05) is 5.32 Å². The molecule has 0 heterocycles. The van der Waals surface area contributed by atoms with E-state index in [9.17, 15) is 18.0 Å². The third-order valence-corrected chi connectivity index (χ3v) is 4.41. The fourth-order valence-electron chi connectivity index (χ4n) is 1.98. The van der Waals surface area contributed by atoms with E-state index in [1.54, 1.807) is 0 Å². The second-order valence-corrected chi connectivity index (χ2v) is 7.13. The van der Waals surface area contributed by atoms with Crippen LogP contribution in [0.25, 0.3) is 0 Å². The molecule has 2 aromatic carbocycles. The van der Waals surface area contributed by atoms with Crippen molar-refractivity contribution in [1.29, 1.82) is 0 Å². The molecule has 1 atom stereocenters. The van der Waals surface area contributed by atoms with Crippen LogP contribution in [0.1, 0.15) is 12.5 Å². The van der Waals surface area contributed by atoms with Crippen LogP contribution in [0.4, 0.5) is 18.9 Å². The number of alkyl halides is 3. The Hall–Kier alpha value is -1.74. The van der Waals surface area contributed by atoms with Gasteiger partial charge >= 0.3 is 6.18 Å². The molecule has 150 valence electrons. The Kier molecular flexibility index (Phi) is 7.39. The van der Waals surface area contributed by atoms with Gasteiger partial charge < -0.3 is 10.1 Å². The summed E-state index contributed by atoms with van der Waals surface area (Å²) in [5.41, 5.74) is -1.02. The average Bonchev–Trinajstić information content (AvgIpc) is 2.58. The lowest BCUT2D eigenvalue weighted by Crippen LogP contribution is -2.42. The highest BCUT2D eigenvalue weighted by Crippen LogP contribution is 2.33. The molecule has 2 aromatic rings. The maximum Gasteiger partial charge on any atom is 0.416 e. The minimum absolute atomic E-state index is 0.00171. The maximum absolute atomic E-state index is 12.8. The van der Waals surface area contributed by atoms with Crippen molar-refractivity contribution in [3.05, 3.63) is 57.0 Å². The first-order chi connectivity index (χ1) is 13.0. The van der Waals surface area contributed by atoms with Crippen molar-refractivity contribution in [3.8, 4) is 5.75 Å². The number of hydrogen-bond donors (Lipinski definition) is 2. The molecule has 0 spiro atoms. The molecule has 4 nitrogen and oxygen atoms in total. The van der Waals surface area contributed by atoms with Crippen LogP contribution in [0, 0.1) is 0 Å². The number of hydrogen-bond acceptors (Lipinski definition) is 3. The Labute approximate surface area is 178 Å². The van der Waals surface area contributed by atoms with Crippen LogP contribution in [0.2, 0.25) is 15.1 Å². The van der Waals surface area contributed by atoms with Crippen LogP contribution >= 0.6 is 47.0 Å². The lowest BCUT2D eigenvalue weighted by atomic mass is 10.2. The van der Waals surface area contributed by atoms with E-state index < -0.39 is 23.8 Å². The molecule has 0 aromatic heterocycles. The van der Waals surface area contributed by atoms with Gasteiger partial charge in [-0.3, -0.25) is 10.1 Å². The summed E-state index contributed by atoms with van der Waals surface area (Å²) in [6, 6.07) is 7.17. The number of nitrogens with one attached hydrogen (secondary N) is 2. The van der Waals surface area contributed by atoms with Gasteiger partial charge in [0.25, 0.3) is 5.91 Å². The molecule has 0 fully saturated rings. The van der Waals surface area contributed by atoms with Gasteiger partial charge in [-0.15, -0.1) is 0 Å². The van der Waals surface area contributed by atoms with Crippen LogP contribution in [0.15, 0.2) is 36.4 Å². The lowest BCUT2D eigenvalue weighted by molar-refractivity contribution is -0.137. The van der Waals surface area contributed by atoms with E-state index in [1.165, 1.54) is 25.1 Å². The minimum Gasteiger partial charge on any atom is -0.479 e. The molecule has 0 saturated heterocycles. The summed E-state index contributed by atoms with van der Waals surface area (Å²) in [5.74, 6) is -0.417. The Balaban J connectivity index is 2.01. The van der Waals surface area contributed by atoms with Gasteiger partial charge in [0.1, 0.15) is 5.75 Å². The van der Waals surface area contributed by atoms with Crippen LogP contribution in [-0.2, 0) is 11.0 Å². The number of rotatable bonds is 4. The molecule has 0 bridgehead atoms. The normalized spacial score (nSPS) is 12.2. The van der Waals surface area contributed by atoms with Gasteiger partial charge in [0.2, 0.25) is 0 Å². The van der Waals surface area contributed by atoms with E-state index in [-0.39, 0.29) is 26.6 Å². The molecule has 2 N–H and O–H groups in total. The van der Waals surface area contributed by atoms with Crippen molar-refractivity contribution in [2.45, 2.75) is 19.2 Å². The molecule has 1 unspecified atom stereocenters. The number of carbonyl (C=O) groups is 1. The van der Waals surface area contributed by atoms with E-state index in [4.69, 9.17) is 51.8 Å². The standard InChI is InChI=1S/C17H12Cl3F3N2O2S/c1-8(27-14-5-3-10(18)7-12(14)20)15(26)25-16(28)24-13-6-9(17(21,22)23)2-4-11(13)19/h2-8H,1H3,(H2,24,25,26,28). The molecule has 28 heavy (non-hydrogen) atoms. The fraction of sp³-hybridized carbons (Fsp3) is 0.176. The minimum atomic E-state index is -4.55. The summed E-state index contributed by atoms with van der Waals surface area (Å²) in [7, 11) is 0. The van der Waals surface area contributed by atoms with Crippen molar-refractivity contribution in [1.82, 2.24) is 5.32 Å². The highest BCUT2D eigenvalue weighted by molar-refractivity contribution is 7.80. The van der Waals surface area contributed by atoms with Crippen LogP contribution in [0.5, 0.6) is 5.75 Å². The van der Waals surface area contributed by atoms with Gasteiger partial charge in [-0.1, -0.05) is 34.8 Å². The monoisotopic (exact) mass is 470 g/mol. The highest BCUT2D eigenvalue weighted by Gasteiger charge is 2.31. The fourth-order valence-corrected chi connectivity index (χ4v) is 2.81. The summed E-state index contributed by atoms with van der Waals surface area (Å²) in [6.45, 7) is 1.44. The summed E-state index contributed by atoms with van der Waals surface area (Å²) >= 11 is 22.6. The van der Waals surface area contributed by atoms with Crippen molar-refractivity contribution < 1.29 is 22.7 Å². The van der Waals surface area contributed by atoms with Crippen LogP contribution in [-0.4, -0.2) is 17.1 Å². The zero-order chi connectivity index (χ0) is 21.1. The molecule has 0 aliphatic carbocycles. The number of amides is 1. The quantitative estimate of drug-likeness (QED) is 0.541. The smallest absolute Gasteiger partial charge is 0.416 e. The molecule has 2 rings (SSSR count). The Morgan fingerprint density at radius 1 is 1.11 bits per heavy atom. The van der Waals surface area contributed by atoms with E-state index in [0.29, 0.717) is 5.02 Å². The third kappa shape index (κ3) is 6.13. The van der Waals surface area contributed by atoms with Crippen LogP contribution in [0.3, 0.4) is 0 Å². The second-order valence-electron chi connectivity index (χ2n) is 5.47. The highest BCUT2D eigenvalue weighted by atomic mass is 35.5. The summed E-state index contributed by atoms with van der Waals surface area (Å²) in [5, 5.41) is 5.14. The van der Waals surface area contributed by atoms with Crippen LogP contribution < -0.4 is 15.4 Å². The predicted molar refractivity (Wildman–Crippen MR) is 107 cm³/mol. The molecular formula is C17H12Cl3F3N2O2S. The van der Waals surface area contributed by atoms with Gasteiger partial charge in [0.05, 0.1) is 21.3 Å². The number of halogens is 6.